The van der Waals surface area contributed by atoms with Gasteiger partial charge in [0.25, 0.3) is 5.91 Å². The summed E-state index contributed by atoms with van der Waals surface area (Å²) in [5.74, 6) is 0.633. The van der Waals surface area contributed by atoms with E-state index in [-0.39, 0.29) is 17.8 Å². The highest BCUT2D eigenvalue weighted by Gasteiger charge is 2.06. The second kappa shape index (κ2) is 6.79. The molecule has 0 saturated heterocycles. The Morgan fingerprint density at radius 1 is 1.22 bits per heavy atom. The van der Waals surface area contributed by atoms with Gasteiger partial charge in [0, 0.05) is 18.5 Å². The molecule has 1 rings (SSSR count). The van der Waals surface area contributed by atoms with E-state index in [1.54, 1.807) is 24.3 Å². The van der Waals surface area contributed by atoms with Gasteiger partial charge < -0.3 is 10.1 Å². The Labute approximate surface area is 107 Å². The lowest BCUT2D eigenvalue weighted by atomic mass is 10.2. The molecule has 1 aromatic rings. The van der Waals surface area contributed by atoms with Gasteiger partial charge in [0.1, 0.15) is 11.5 Å². The molecule has 18 heavy (non-hydrogen) atoms. The van der Waals surface area contributed by atoms with E-state index in [2.05, 4.69) is 5.32 Å². The van der Waals surface area contributed by atoms with Gasteiger partial charge in [0.05, 0.1) is 6.10 Å². The number of hydrogen-bond donors (Lipinski definition) is 1. The minimum Gasteiger partial charge on any atom is -0.491 e. The molecule has 0 aliphatic heterocycles. The standard InChI is InChI=1S/C14H19NO3/c1-10(2)18-13-6-4-12(5-7-13)14(17)15-9-8-11(3)16/h4-7,10H,8-9H2,1-3H3,(H,15,17). The van der Waals surface area contributed by atoms with Crippen molar-refractivity contribution in [3.05, 3.63) is 29.8 Å². The van der Waals surface area contributed by atoms with Crippen LogP contribution in [-0.4, -0.2) is 24.3 Å². The van der Waals surface area contributed by atoms with Crippen molar-refractivity contribution in [3.8, 4) is 5.75 Å². The number of carbonyl (C=O) groups is 2. The van der Waals surface area contributed by atoms with E-state index in [1.807, 2.05) is 13.8 Å². The second-order valence-corrected chi connectivity index (χ2v) is 4.40. The van der Waals surface area contributed by atoms with Crippen molar-refractivity contribution in [2.75, 3.05) is 6.54 Å². The van der Waals surface area contributed by atoms with Crippen LogP contribution in [0.1, 0.15) is 37.6 Å². The first-order chi connectivity index (χ1) is 8.49. The third kappa shape index (κ3) is 4.99. The van der Waals surface area contributed by atoms with Crippen LogP contribution in [0.2, 0.25) is 0 Å². The third-order valence-electron chi connectivity index (χ3n) is 2.25. The zero-order valence-corrected chi connectivity index (χ0v) is 11.0. The number of hydrogen-bond acceptors (Lipinski definition) is 3. The van der Waals surface area contributed by atoms with E-state index in [9.17, 15) is 9.59 Å². The monoisotopic (exact) mass is 249 g/mol. The van der Waals surface area contributed by atoms with Crippen LogP contribution in [0.5, 0.6) is 5.75 Å². The number of carbonyl (C=O) groups excluding carboxylic acids is 2. The molecule has 98 valence electrons. The zero-order valence-electron chi connectivity index (χ0n) is 11.0. The fraction of sp³-hybridized carbons (Fsp3) is 0.429. The molecule has 0 saturated carbocycles. The average molecular weight is 249 g/mol. The molecule has 0 heterocycles. The summed E-state index contributed by atoms with van der Waals surface area (Å²) in [7, 11) is 0. The van der Waals surface area contributed by atoms with Crippen LogP contribution in [0, 0.1) is 0 Å². The van der Waals surface area contributed by atoms with Crippen molar-refractivity contribution in [3.63, 3.8) is 0 Å². The van der Waals surface area contributed by atoms with E-state index in [4.69, 9.17) is 4.74 Å². The van der Waals surface area contributed by atoms with Gasteiger partial charge in [-0.05, 0) is 45.0 Å². The number of Topliss-reactive ketones (excluding diaryl/α,β-unsaturated/α-hetero) is 1. The van der Waals surface area contributed by atoms with Gasteiger partial charge >= 0.3 is 0 Å². The van der Waals surface area contributed by atoms with Crippen molar-refractivity contribution < 1.29 is 14.3 Å². The predicted molar refractivity (Wildman–Crippen MR) is 69.8 cm³/mol. The van der Waals surface area contributed by atoms with Crippen LogP contribution in [-0.2, 0) is 4.79 Å². The highest BCUT2D eigenvalue weighted by atomic mass is 16.5. The molecule has 0 bridgehead atoms. The molecule has 0 radical (unpaired) electrons. The van der Waals surface area contributed by atoms with Gasteiger partial charge in [-0.3, -0.25) is 9.59 Å². The second-order valence-electron chi connectivity index (χ2n) is 4.40. The van der Waals surface area contributed by atoms with Crippen LogP contribution in [0.15, 0.2) is 24.3 Å². The minimum atomic E-state index is -0.174. The molecule has 0 fully saturated rings. The van der Waals surface area contributed by atoms with Crippen molar-refractivity contribution in [1.82, 2.24) is 5.32 Å². The Morgan fingerprint density at radius 3 is 2.33 bits per heavy atom. The summed E-state index contributed by atoms with van der Waals surface area (Å²) in [6, 6.07) is 6.95. The molecule has 1 amide bonds. The van der Waals surface area contributed by atoms with Gasteiger partial charge in [-0.15, -0.1) is 0 Å². The number of amides is 1. The van der Waals surface area contributed by atoms with Crippen LogP contribution >= 0.6 is 0 Å². The Balaban J connectivity index is 2.51. The summed E-state index contributed by atoms with van der Waals surface area (Å²) in [5.41, 5.74) is 0.564. The van der Waals surface area contributed by atoms with Gasteiger partial charge in [-0.2, -0.15) is 0 Å². The molecule has 0 aliphatic rings. The summed E-state index contributed by atoms with van der Waals surface area (Å²) < 4.78 is 5.49. The Kier molecular flexibility index (Phi) is 5.36. The SMILES string of the molecule is CC(=O)CCNC(=O)c1ccc(OC(C)C)cc1. The van der Waals surface area contributed by atoms with Gasteiger partial charge in [-0.25, -0.2) is 0 Å². The van der Waals surface area contributed by atoms with Gasteiger partial charge in [0.2, 0.25) is 0 Å². The molecular formula is C14H19NO3. The average Bonchev–Trinajstić information content (AvgIpc) is 2.28. The summed E-state index contributed by atoms with van der Waals surface area (Å²) in [6.45, 7) is 5.77. The van der Waals surface area contributed by atoms with Crippen molar-refractivity contribution >= 4 is 11.7 Å². The lowest BCUT2D eigenvalue weighted by Crippen LogP contribution is -2.25. The van der Waals surface area contributed by atoms with Gasteiger partial charge in [0.15, 0.2) is 0 Å². The first-order valence-corrected chi connectivity index (χ1v) is 6.03. The van der Waals surface area contributed by atoms with E-state index < -0.39 is 0 Å². The molecule has 0 spiro atoms. The van der Waals surface area contributed by atoms with E-state index in [1.165, 1.54) is 6.92 Å². The van der Waals surface area contributed by atoms with E-state index >= 15 is 0 Å². The number of rotatable bonds is 6. The number of benzene rings is 1. The largest absolute Gasteiger partial charge is 0.491 e. The summed E-state index contributed by atoms with van der Waals surface area (Å²) in [6.07, 6.45) is 0.473. The lowest BCUT2D eigenvalue weighted by molar-refractivity contribution is -0.116. The number of ether oxygens (including phenoxy) is 1. The van der Waals surface area contributed by atoms with E-state index in [0.29, 0.717) is 18.5 Å². The Bertz CT molecular complexity index is 410. The van der Waals surface area contributed by atoms with Gasteiger partial charge in [-0.1, -0.05) is 0 Å². The maximum absolute atomic E-state index is 11.7. The summed E-state index contributed by atoms with van der Waals surface area (Å²) in [5, 5.41) is 2.69. The van der Waals surface area contributed by atoms with Crippen molar-refractivity contribution in [1.29, 1.82) is 0 Å². The molecule has 0 aromatic heterocycles. The van der Waals surface area contributed by atoms with E-state index in [0.717, 1.165) is 5.75 Å². The first-order valence-electron chi connectivity index (χ1n) is 6.03. The fourth-order valence-corrected chi connectivity index (χ4v) is 1.41. The molecule has 4 heteroatoms. The maximum Gasteiger partial charge on any atom is 0.251 e. The number of ketones is 1. The molecule has 0 atom stereocenters. The quantitative estimate of drug-likeness (QED) is 0.840. The fourth-order valence-electron chi connectivity index (χ4n) is 1.41. The molecule has 1 N–H and O–H groups in total. The van der Waals surface area contributed by atoms with Crippen LogP contribution in [0.25, 0.3) is 0 Å². The first kappa shape index (κ1) is 14.2. The Morgan fingerprint density at radius 2 is 1.83 bits per heavy atom. The predicted octanol–water partition coefficient (Wildman–Crippen LogP) is 2.18. The highest BCUT2D eigenvalue weighted by molar-refractivity contribution is 5.94. The van der Waals surface area contributed by atoms with Crippen LogP contribution < -0.4 is 10.1 Å². The smallest absolute Gasteiger partial charge is 0.251 e. The highest BCUT2D eigenvalue weighted by Crippen LogP contribution is 2.13. The summed E-state index contributed by atoms with van der Waals surface area (Å²) in [4.78, 5) is 22.4. The van der Waals surface area contributed by atoms with Crippen LogP contribution in [0.4, 0.5) is 0 Å². The third-order valence-corrected chi connectivity index (χ3v) is 2.25. The number of nitrogens with one attached hydrogen (secondary N) is 1. The molecule has 1 aromatic carbocycles. The van der Waals surface area contributed by atoms with Crippen molar-refractivity contribution in [2.24, 2.45) is 0 Å². The normalized spacial score (nSPS) is 10.2. The molecular weight excluding hydrogens is 230 g/mol. The zero-order chi connectivity index (χ0) is 13.5. The Hall–Kier alpha value is -1.84. The lowest BCUT2D eigenvalue weighted by Gasteiger charge is -2.10. The van der Waals surface area contributed by atoms with Crippen LogP contribution in [0.3, 0.4) is 0 Å². The molecule has 0 aliphatic carbocycles. The minimum absolute atomic E-state index is 0.0657. The molecule has 4 nitrogen and oxygen atoms in total. The van der Waals surface area contributed by atoms with Crippen molar-refractivity contribution in [2.45, 2.75) is 33.3 Å². The summed E-state index contributed by atoms with van der Waals surface area (Å²) >= 11 is 0. The molecule has 0 unspecified atom stereocenters. The maximum atomic E-state index is 11.7. The topological polar surface area (TPSA) is 55.4 Å².